The quantitative estimate of drug-likeness (QED) is 0.614. The van der Waals surface area contributed by atoms with Gasteiger partial charge in [0.1, 0.15) is 0 Å². The molecule has 1 fully saturated rings. The summed E-state index contributed by atoms with van der Waals surface area (Å²) in [6.07, 6.45) is 1.96. The zero-order valence-electron chi connectivity index (χ0n) is 7.72. The number of rotatable bonds is 2. The Labute approximate surface area is 78.9 Å². The molecule has 12 heavy (non-hydrogen) atoms. The van der Waals surface area contributed by atoms with Gasteiger partial charge in [-0.25, -0.2) is 0 Å². The molecule has 70 valence electrons. The zero-order chi connectivity index (χ0) is 9.14. The van der Waals surface area contributed by atoms with E-state index in [1.165, 1.54) is 0 Å². The number of hydrogen-bond donors (Lipinski definition) is 0. The van der Waals surface area contributed by atoms with Gasteiger partial charge in [-0.3, -0.25) is 4.79 Å². The minimum absolute atomic E-state index is 0.216. The molecule has 0 aromatic rings. The van der Waals surface area contributed by atoms with Crippen LogP contribution in [0.15, 0.2) is 0 Å². The number of nitrogens with zero attached hydrogens (tertiary/aromatic N) is 1. The summed E-state index contributed by atoms with van der Waals surface area (Å²) in [7, 11) is 2.09. The average Bonchev–Trinajstić information content (AvgIpc) is 2.04. The smallest absolute Gasteiger partial charge is 0.153 e. The van der Waals surface area contributed by atoms with Gasteiger partial charge < -0.3 is 4.90 Å². The number of Topliss-reactive ketones (excluding diaryl/α,β-unsaturated/α-hetero) is 1. The van der Waals surface area contributed by atoms with Crippen LogP contribution in [0, 0.1) is 5.92 Å². The maximum absolute atomic E-state index is 11.5. The van der Waals surface area contributed by atoms with Crippen molar-refractivity contribution in [3.8, 4) is 0 Å². The second-order valence-electron chi connectivity index (χ2n) is 3.60. The van der Waals surface area contributed by atoms with E-state index in [0.29, 0.717) is 0 Å². The highest BCUT2D eigenvalue weighted by Crippen LogP contribution is 2.19. The molecule has 1 aliphatic rings. The molecule has 1 atom stereocenters. The van der Waals surface area contributed by atoms with Crippen molar-refractivity contribution in [1.82, 2.24) is 4.90 Å². The van der Waals surface area contributed by atoms with E-state index in [4.69, 9.17) is 11.6 Å². The molecule has 0 amide bonds. The van der Waals surface area contributed by atoms with Gasteiger partial charge in [-0.1, -0.05) is 0 Å². The highest BCUT2D eigenvalue weighted by molar-refractivity contribution is 6.31. The van der Waals surface area contributed by atoms with Gasteiger partial charge in [0.2, 0.25) is 0 Å². The number of alkyl halides is 1. The molecule has 0 N–H and O–H groups in total. The third-order valence-electron chi connectivity index (χ3n) is 2.51. The number of ketones is 1. The largest absolute Gasteiger partial charge is 0.306 e. The molecule has 3 heteroatoms. The van der Waals surface area contributed by atoms with Gasteiger partial charge in [-0.15, -0.1) is 11.6 Å². The van der Waals surface area contributed by atoms with Crippen LogP contribution in [0.25, 0.3) is 0 Å². The van der Waals surface area contributed by atoms with Crippen LogP contribution in [0.5, 0.6) is 0 Å². The van der Waals surface area contributed by atoms with Gasteiger partial charge in [0.05, 0.1) is 5.38 Å². The summed E-state index contributed by atoms with van der Waals surface area (Å²) in [5.41, 5.74) is 0. The van der Waals surface area contributed by atoms with Crippen molar-refractivity contribution < 1.29 is 4.79 Å². The lowest BCUT2D eigenvalue weighted by Crippen LogP contribution is -2.35. The van der Waals surface area contributed by atoms with Crippen LogP contribution in [0.4, 0.5) is 0 Å². The Bertz CT molecular complexity index is 162. The Balaban J connectivity index is 2.39. The Morgan fingerprint density at radius 2 is 2.00 bits per heavy atom. The molecule has 1 saturated heterocycles. The summed E-state index contributed by atoms with van der Waals surface area (Å²) in [4.78, 5) is 13.7. The maximum Gasteiger partial charge on any atom is 0.153 e. The molecule has 0 bridgehead atoms. The molecular formula is C9H16ClNO. The highest BCUT2D eigenvalue weighted by Gasteiger charge is 2.25. The third kappa shape index (κ3) is 2.46. The SMILES string of the molecule is CC(Cl)C(=O)C1CCN(C)CC1. The molecule has 1 unspecified atom stereocenters. The Hall–Kier alpha value is -0.0800. The van der Waals surface area contributed by atoms with E-state index in [9.17, 15) is 4.79 Å². The summed E-state index contributed by atoms with van der Waals surface area (Å²) in [6, 6.07) is 0. The monoisotopic (exact) mass is 189 g/mol. The standard InChI is InChI=1S/C9H16ClNO/c1-7(10)9(12)8-3-5-11(2)6-4-8/h7-8H,3-6H2,1-2H3. The number of hydrogen-bond acceptors (Lipinski definition) is 2. The predicted octanol–water partition coefficient (Wildman–Crippen LogP) is 1.52. The zero-order valence-corrected chi connectivity index (χ0v) is 8.47. The lowest BCUT2D eigenvalue weighted by molar-refractivity contribution is -0.123. The first-order valence-corrected chi connectivity index (χ1v) is 4.91. The molecule has 1 aliphatic heterocycles. The van der Waals surface area contributed by atoms with Crippen LogP contribution in [-0.4, -0.2) is 36.2 Å². The van der Waals surface area contributed by atoms with Crippen molar-refractivity contribution in [2.24, 2.45) is 5.92 Å². The number of carbonyl (C=O) groups excluding carboxylic acids is 1. The molecular weight excluding hydrogens is 174 g/mol. The van der Waals surface area contributed by atoms with Crippen LogP contribution < -0.4 is 0 Å². The first-order valence-electron chi connectivity index (χ1n) is 4.47. The highest BCUT2D eigenvalue weighted by atomic mass is 35.5. The number of halogens is 1. The van der Waals surface area contributed by atoms with Gasteiger partial charge in [0.15, 0.2) is 5.78 Å². The fraction of sp³-hybridized carbons (Fsp3) is 0.889. The van der Waals surface area contributed by atoms with Crippen LogP contribution in [0.2, 0.25) is 0 Å². The van der Waals surface area contributed by atoms with E-state index in [1.807, 2.05) is 0 Å². The van der Waals surface area contributed by atoms with Crippen LogP contribution in [0.1, 0.15) is 19.8 Å². The molecule has 0 radical (unpaired) electrons. The molecule has 0 aromatic heterocycles. The minimum atomic E-state index is -0.307. The van der Waals surface area contributed by atoms with Gasteiger partial charge in [0.25, 0.3) is 0 Å². The topological polar surface area (TPSA) is 20.3 Å². The van der Waals surface area contributed by atoms with Crippen molar-refractivity contribution in [3.05, 3.63) is 0 Å². The fourth-order valence-corrected chi connectivity index (χ4v) is 1.80. The number of piperidine rings is 1. The second kappa shape index (κ2) is 4.24. The van der Waals surface area contributed by atoms with E-state index in [-0.39, 0.29) is 17.1 Å². The normalized spacial score (nSPS) is 23.9. The number of likely N-dealkylation sites (tertiary alicyclic amines) is 1. The molecule has 0 aliphatic carbocycles. The van der Waals surface area contributed by atoms with Crippen molar-refractivity contribution in [1.29, 1.82) is 0 Å². The first-order chi connectivity index (χ1) is 5.61. The van der Waals surface area contributed by atoms with Crippen molar-refractivity contribution in [3.63, 3.8) is 0 Å². The van der Waals surface area contributed by atoms with Gasteiger partial charge in [-0.05, 0) is 39.9 Å². The Morgan fingerprint density at radius 1 is 1.50 bits per heavy atom. The van der Waals surface area contributed by atoms with Crippen LogP contribution >= 0.6 is 11.6 Å². The van der Waals surface area contributed by atoms with E-state index < -0.39 is 0 Å². The molecule has 1 rings (SSSR count). The first kappa shape index (κ1) is 10.0. The van der Waals surface area contributed by atoms with Crippen molar-refractivity contribution in [2.45, 2.75) is 25.1 Å². The van der Waals surface area contributed by atoms with Crippen LogP contribution in [-0.2, 0) is 4.79 Å². The summed E-state index contributed by atoms with van der Waals surface area (Å²) >= 11 is 5.73. The summed E-state index contributed by atoms with van der Waals surface area (Å²) in [5, 5.41) is -0.307. The van der Waals surface area contributed by atoms with Gasteiger partial charge >= 0.3 is 0 Å². The lowest BCUT2D eigenvalue weighted by Gasteiger charge is -2.28. The Kier molecular flexibility index (Phi) is 3.53. The number of carbonyl (C=O) groups is 1. The minimum Gasteiger partial charge on any atom is -0.306 e. The molecule has 2 nitrogen and oxygen atoms in total. The van der Waals surface area contributed by atoms with Crippen LogP contribution in [0.3, 0.4) is 0 Å². The van der Waals surface area contributed by atoms with E-state index >= 15 is 0 Å². The maximum atomic E-state index is 11.5. The molecule has 1 heterocycles. The van der Waals surface area contributed by atoms with E-state index in [0.717, 1.165) is 25.9 Å². The third-order valence-corrected chi connectivity index (χ3v) is 2.73. The second-order valence-corrected chi connectivity index (χ2v) is 4.25. The average molecular weight is 190 g/mol. The molecule has 0 aromatic carbocycles. The predicted molar refractivity (Wildman–Crippen MR) is 50.5 cm³/mol. The summed E-state index contributed by atoms with van der Waals surface area (Å²) < 4.78 is 0. The van der Waals surface area contributed by atoms with Gasteiger partial charge in [-0.2, -0.15) is 0 Å². The lowest BCUT2D eigenvalue weighted by atomic mass is 9.91. The molecule has 0 spiro atoms. The van der Waals surface area contributed by atoms with Crippen molar-refractivity contribution in [2.75, 3.05) is 20.1 Å². The molecule has 0 saturated carbocycles. The van der Waals surface area contributed by atoms with E-state index in [1.54, 1.807) is 6.92 Å². The Morgan fingerprint density at radius 3 is 2.42 bits per heavy atom. The van der Waals surface area contributed by atoms with E-state index in [2.05, 4.69) is 11.9 Å². The summed E-state index contributed by atoms with van der Waals surface area (Å²) in [6.45, 7) is 3.82. The summed E-state index contributed by atoms with van der Waals surface area (Å²) in [5.74, 6) is 0.443. The van der Waals surface area contributed by atoms with Crippen molar-refractivity contribution >= 4 is 17.4 Å². The fourth-order valence-electron chi connectivity index (χ4n) is 1.62. The van der Waals surface area contributed by atoms with Gasteiger partial charge in [0, 0.05) is 5.92 Å².